The van der Waals surface area contributed by atoms with Crippen LogP contribution < -0.4 is 5.32 Å². The van der Waals surface area contributed by atoms with E-state index < -0.39 is 13.6 Å². The van der Waals surface area contributed by atoms with E-state index in [1.807, 2.05) is 27.7 Å². The van der Waals surface area contributed by atoms with Crippen LogP contribution in [-0.2, 0) is 18.1 Å². The molecule has 0 fully saturated rings. The van der Waals surface area contributed by atoms with Crippen LogP contribution in [0, 0.1) is 11.3 Å². The van der Waals surface area contributed by atoms with E-state index in [2.05, 4.69) is 18.3 Å². The van der Waals surface area contributed by atoms with Crippen LogP contribution in [0.5, 0.6) is 0 Å². The zero-order valence-corrected chi connectivity index (χ0v) is 28.2. The summed E-state index contributed by atoms with van der Waals surface area (Å²) in [6.45, 7) is 12.1. The topological polar surface area (TPSA) is 80.6 Å². The van der Waals surface area contributed by atoms with Gasteiger partial charge in [0.05, 0.1) is 6.07 Å². The van der Waals surface area contributed by atoms with Gasteiger partial charge < -0.3 is 18.6 Å². The number of thioether (sulfide) groups is 2. The zero-order valence-electron chi connectivity index (χ0n) is 24.7. The van der Waals surface area contributed by atoms with Gasteiger partial charge in [-0.25, -0.2) is 0 Å². The summed E-state index contributed by atoms with van der Waals surface area (Å²) in [5.41, 5.74) is 0. The molecular weight excluding hydrogens is 553 g/mol. The van der Waals surface area contributed by atoms with E-state index in [1.165, 1.54) is 69.5 Å². The first kappa shape index (κ1) is 37.8. The van der Waals surface area contributed by atoms with Crippen molar-refractivity contribution in [2.45, 2.75) is 129 Å². The summed E-state index contributed by atoms with van der Waals surface area (Å²) in [4.78, 5) is 12.4. The number of nitrogens with one attached hydrogen (secondary N) is 1. The second-order valence-electron chi connectivity index (χ2n) is 9.66. The number of nitriles is 1. The Kier molecular flexibility index (Phi) is 24.5. The molecule has 0 aliphatic carbocycles. The highest BCUT2D eigenvalue weighted by Gasteiger charge is 2.39. The van der Waals surface area contributed by atoms with Gasteiger partial charge >= 0.3 is 8.80 Å². The average molecular weight is 607 g/mol. The van der Waals surface area contributed by atoms with Gasteiger partial charge in [0, 0.05) is 38.8 Å². The molecule has 1 N–H and O–H groups in total. The summed E-state index contributed by atoms with van der Waals surface area (Å²) < 4.78 is 17.7. The number of carbonyl (C=O) groups is 1. The molecule has 1 atom stereocenters. The van der Waals surface area contributed by atoms with Gasteiger partial charge in [-0.1, -0.05) is 88.7 Å². The minimum atomic E-state index is -2.68. The Morgan fingerprint density at radius 2 is 1.42 bits per heavy atom. The minimum Gasteiger partial charge on any atom is -0.374 e. The van der Waals surface area contributed by atoms with Gasteiger partial charge in [-0.3, -0.25) is 4.79 Å². The van der Waals surface area contributed by atoms with Crippen molar-refractivity contribution in [1.82, 2.24) is 5.32 Å². The second-order valence-corrected chi connectivity index (χ2v) is 16.2. The van der Waals surface area contributed by atoms with Gasteiger partial charge in [0.2, 0.25) is 5.91 Å². The highest BCUT2D eigenvalue weighted by Crippen LogP contribution is 2.34. The van der Waals surface area contributed by atoms with Crippen LogP contribution in [-0.4, -0.2) is 55.1 Å². The first-order valence-corrected chi connectivity index (χ1v) is 18.9. The number of hydrogen-bond donors (Lipinski definition) is 1. The summed E-state index contributed by atoms with van der Waals surface area (Å²) in [6.07, 6.45) is 14.7. The molecule has 0 rings (SSSR count). The average Bonchev–Trinajstić information content (AvgIpc) is 2.89. The fraction of sp³-hybridized carbons (Fsp3) is 0.893. The fourth-order valence-corrected chi connectivity index (χ4v) is 9.65. The number of rotatable bonds is 25. The largest absolute Gasteiger partial charge is 0.500 e. The SMILES string of the molecule is CCCCCCCCCCCCSC(=S)SC(C)(C#N)CCC(=O)NCCC[Si](OCC)(OCC)OCC. The molecule has 0 radical (unpaired) electrons. The van der Waals surface area contributed by atoms with Crippen LogP contribution in [0.15, 0.2) is 0 Å². The lowest BCUT2D eigenvalue weighted by Crippen LogP contribution is -2.46. The van der Waals surface area contributed by atoms with Crippen LogP contribution in [0.4, 0.5) is 0 Å². The molecule has 0 saturated heterocycles. The number of carbonyl (C=O) groups excluding carboxylic acids is 1. The molecular formula is C28H54N2O4S3Si. The minimum absolute atomic E-state index is 0.0486. The highest BCUT2D eigenvalue weighted by atomic mass is 32.2. The van der Waals surface area contributed by atoms with Crippen molar-refractivity contribution in [3.8, 4) is 6.07 Å². The Bertz CT molecular complexity index is 649. The molecule has 0 aliphatic rings. The van der Waals surface area contributed by atoms with Gasteiger partial charge in [-0.2, -0.15) is 5.26 Å². The first-order valence-electron chi connectivity index (χ1n) is 14.8. The molecule has 0 aromatic heterocycles. The van der Waals surface area contributed by atoms with Crippen LogP contribution in [0.25, 0.3) is 0 Å². The van der Waals surface area contributed by atoms with Crippen molar-refractivity contribution in [2.24, 2.45) is 0 Å². The summed E-state index contributed by atoms with van der Waals surface area (Å²) in [5, 5.41) is 12.7. The molecule has 1 unspecified atom stereocenters. The predicted octanol–water partition coefficient (Wildman–Crippen LogP) is 8.28. The maximum absolute atomic E-state index is 12.4. The Morgan fingerprint density at radius 1 is 0.895 bits per heavy atom. The Balaban J connectivity index is 4.14. The van der Waals surface area contributed by atoms with E-state index in [9.17, 15) is 10.1 Å². The van der Waals surface area contributed by atoms with Crippen molar-refractivity contribution < 1.29 is 18.1 Å². The van der Waals surface area contributed by atoms with Gasteiger partial charge in [0.15, 0.2) is 0 Å². The highest BCUT2D eigenvalue weighted by molar-refractivity contribution is 8.47. The second kappa shape index (κ2) is 24.6. The van der Waals surface area contributed by atoms with E-state index in [0.717, 1.165) is 22.1 Å². The first-order chi connectivity index (χ1) is 18.3. The molecule has 6 nitrogen and oxygen atoms in total. The van der Waals surface area contributed by atoms with Crippen LogP contribution in [0.3, 0.4) is 0 Å². The Morgan fingerprint density at radius 3 is 1.92 bits per heavy atom. The van der Waals surface area contributed by atoms with Gasteiger partial charge in [-0.05, 0) is 52.7 Å². The van der Waals surface area contributed by atoms with Crippen molar-refractivity contribution in [2.75, 3.05) is 32.1 Å². The lowest BCUT2D eigenvalue weighted by Gasteiger charge is -2.28. The molecule has 0 bridgehead atoms. The standard InChI is InChI=1S/C28H54N2O4S3Si/c1-6-10-11-12-13-14-15-16-17-18-23-36-27(35)37-28(5,25-29)21-20-26(31)30-22-19-24-38(32-7-2,33-8-3)34-9-4/h6-24H2,1-5H3,(H,30,31). The van der Waals surface area contributed by atoms with Crippen molar-refractivity contribution in [3.63, 3.8) is 0 Å². The normalized spacial score (nSPS) is 13.2. The van der Waals surface area contributed by atoms with Crippen molar-refractivity contribution in [3.05, 3.63) is 0 Å². The van der Waals surface area contributed by atoms with Crippen LogP contribution >= 0.6 is 35.7 Å². The maximum Gasteiger partial charge on any atom is 0.500 e. The molecule has 0 aliphatic heterocycles. The third-order valence-corrected chi connectivity index (χ3v) is 12.2. The van der Waals surface area contributed by atoms with E-state index in [0.29, 0.717) is 45.3 Å². The maximum atomic E-state index is 12.4. The Hall–Kier alpha value is -0.153. The van der Waals surface area contributed by atoms with E-state index in [-0.39, 0.29) is 5.91 Å². The zero-order chi connectivity index (χ0) is 28.5. The van der Waals surface area contributed by atoms with Gasteiger partial charge in [0.1, 0.15) is 8.28 Å². The molecule has 0 heterocycles. The predicted molar refractivity (Wildman–Crippen MR) is 171 cm³/mol. The molecule has 38 heavy (non-hydrogen) atoms. The van der Waals surface area contributed by atoms with Crippen LogP contribution in [0.1, 0.15) is 118 Å². The molecule has 222 valence electrons. The summed E-state index contributed by atoms with van der Waals surface area (Å²) in [7, 11) is -2.68. The summed E-state index contributed by atoms with van der Waals surface area (Å²) in [5.74, 6) is 0.952. The van der Waals surface area contributed by atoms with Gasteiger partial charge in [-0.15, -0.1) is 11.8 Å². The molecule has 1 amide bonds. The summed E-state index contributed by atoms with van der Waals surface area (Å²) in [6, 6.07) is 3.04. The van der Waals surface area contributed by atoms with E-state index >= 15 is 0 Å². The number of nitrogens with zero attached hydrogens (tertiary/aromatic N) is 1. The van der Waals surface area contributed by atoms with E-state index in [1.54, 1.807) is 11.8 Å². The number of hydrogen-bond acceptors (Lipinski definition) is 8. The van der Waals surface area contributed by atoms with E-state index in [4.69, 9.17) is 25.5 Å². The molecule has 10 heteroatoms. The quantitative estimate of drug-likeness (QED) is 0.0632. The number of thiocarbonyl (C=S) groups is 1. The number of amides is 1. The lowest BCUT2D eigenvalue weighted by atomic mass is 10.1. The van der Waals surface area contributed by atoms with Crippen molar-refractivity contribution in [1.29, 1.82) is 5.26 Å². The third kappa shape index (κ3) is 19.8. The monoisotopic (exact) mass is 606 g/mol. The number of unbranched alkanes of at least 4 members (excludes halogenated alkanes) is 9. The Labute approximate surface area is 248 Å². The lowest BCUT2D eigenvalue weighted by molar-refractivity contribution is -0.121. The molecule has 0 saturated carbocycles. The smallest absolute Gasteiger partial charge is 0.374 e. The molecule has 0 aromatic carbocycles. The third-order valence-electron chi connectivity index (χ3n) is 6.17. The van der Waals surface area contributed by atoms with Gasteiger partial charge in [0.25, 0.3) is 0 Å². The van der Waals surface area contributed by atoms with Crippen molar-refractivity contribution >= 4 is 54.0 Å². The summed E-state index contributed by atoms with van der Waals surface area (Å²) >= 11 is 8.65. The fourth-order valence-electron chi connectivity index (χ4n) is 4.06. The molecule has 0 spiro atoms. The molecule has 0 aromatic rings. The van der Waals surface area contributed by atoms with Crippen LogP contribution in [0.2, 0.25) is 6.04 Å².